The molecule has 1 saturated heterocycles. The van der Waals surface area contributed by atoms with Crippen molar-refractivity contribution in [1.29, 1.82) is 0 Å². The lowest BCUT2D eigenvalue weighted by atomic mass is 9.44. The molecule has 5 N–H and O–H groups in total. The second-order valence-corrected chi connectivity index (χ2v) is 17.5. The molecule has 2 saturated carbocycles. The molecule has 4 aliphatic rings. The summed E-state index contributed by atoms with van der Waals surface area (Å²) in [5, 5.41) is 50.2. The molecule has 2 bridgehead atoms. The van der Waals surface area contributed by atoms with Gasteiger partial charge in [-0.05, 0) is 67.0 Å². The zero-order valence-corrected chi connectivity index (χ0v) is 35.6. The molecule has 16 nitrogen and oxygen atoms in total. The molecule has 3 fully saturated rings. The van der Waals surface area contributed by atoms with Crippen molar-refractivity contribution in [2.45, 2.75) is 108 Å². The first-order valence-corrected chi connectivity index (χ1v) is 20.6. The summed E-state index contributed by atoms with van der Waals surface area (Å²) in [5.41, 5.74) is -7.44. The third kappa shape index (κ3) is 7.58. The van der Waals surface area contributed by atoms with E-state index in [1.165, 1.54) is 52.0 Å². The van der Waals surface area contributed by atoms with Crippen LogP contribution in [0.25, 0.3) is 0 Å². The number of aliphatic hydroxyl groups excluding tert-OH is 2. The molecule has 3 aromatic rings. The number of ketones is 1. The van der Waals surface area contributed by atoms with E-state index >= 15 is 4.79 Å². The molecule has 0 unspecified atom stereocenters. The molecule has 1 amide bonds. The van der Waals surface area contributed by atoms with Crippen LogP contribution in [0.3, 0.4) is 0 Å². The Morgan fingerprint density at radius 3 is 2.03 bits per heavy atom. The van der Waals surface area contributed by atoms with Gasteiger partial charge >= 0.3 is 23.9 Å². The van der Waals surface area contributed by atoms with Crippen LogP contribution in [-0.4, -0.2) is 110 Å². The fourth-order valence-electron chi connectivity index (χ4n) is 10.2. The molecule has 334 valence electrons. The van der Waals surface area contributed by atoms with Gasteiger partial charge in [0, 0.05) is 37.7 Å². The van der Waals surface area contributed by atoms with Gasteiger partial charge in [-0.3, -0.25) is 19.2 Å². The highest BCUT2D eigenvalue weighted by molar-refractivity contribution is 5.96. The number of carbonyl (C=O) groups is 6. The number of esters is 4. The maximum atomic E-state index is 15.5. The number of ether oxygens (including phenoxy) is 5. The zero-order chi connectivity index (χ0) is 45.8. The predicted molar refractivity (Wildman–Crippen MR) is 219 cm³/mol. The predicted octanol–water partition coefficient (Wildman–Crippen LogP) is 3.44. The van der Waals surface area contributed by atoms with E-state index in [1.54, 1.807) is 60.7 Å². The van der Waals surface area contributed by atoms with E-state index in [-0.39, 0.29) is 41.1 Å². The lowest BCUT2D eigenvalue weighted by molar-refractivity contribution is -0.346. The number of hydrogen-bond donors (Lipinski definition) is 5. The zero-order valence-electron chi connectivity index (χ0n) is 35.6. The van der Waals surface area contributed by atoms with Gasteiger partial charge in [-0.15, -0.1) is 0 Å². The van der Waals surface area contributed by atoms with Gasteiger partial charge in [0.1, 0.15) is 29.7 Å². The van der Waals surface area contributed by atoms with E-state index < -0.39 is 113 Å². The van der Waals surface area contributed by atoms with Crippen molar-refractivity contribution in [3.63, 3.8) is 0 Å². The number of amides is 1. The third-order valence-electron chi connectivity index (χ3n) is 13.6. The van der Waals surface area contributed by atoms with Crippen molar-refractivity contribution in [2.75, 3.05) is 6.61 Å². The van der Waals surface area contributed by atoms with Gasteiger partial charge in [0.15, 0.2) is 23.6 Å². The van der Waals surface area contributed by atoms with Gasteiger partial charge in [-0.1, -0.05) is 62.4 Å². The van der Waals surface area contributed by atoms with Crippen LogP contribution < -0.4 is 5.32 Å². The van der Waals surface area contributed by atoms with Crippen LogP contribution >= 0.6 is 0 Å². The van der Waals surface area contributed by atoms with Crippen LogP contribution in [0.15, 0.2) is 96.1 Å². The Labute approximate surface area is 363 Å². The fourth-order valence-corrected chi connectivity index (χ4v) is 10.2. The van der Waals surface area contributed by atoms with Crippen LogP contribution in [0.1, 0.15) is 86.7 Å². The molecule has 16 heteroatoms. The summed E-state index contributed by atoms with van der Waals surface area (Å²) in [6.45, 7) is 7.79. The second-order valence-electron chi connectivity index (χ2n) is 17.5. The van der Waals surface area contributed by atoms with Gasteiger partial charge in [0.05, 0.1) is 35.6 Å². The molecular formula is C47H51NO15. The number of nitrogens with one attached hydrogen (secondary N) is 1. The van der Waals surface area contributed by atoms with Gasteiger partial charge in [0.25, 0.3) is 5.91 Å². The molecule has 1 heterocycles. The Morgan fingerprint density at radius 1 is 0.841 bits per heavy atom. The summed E-state index contributed by atoms with van der Waals surface area (Å²) in [6.07, 6.45) is -10.8. The van der Waals surface area contributed by atoms with Crippen molar-refractivity contribution in [3.8, 4) is 5.75 Å². The largest absolute Gasteiger partial charge is 0.508 e. The maximum Gasteiger partial charge on any atom is 0.338 e. The number of fused-ring (bicyclic) bond motifs is 5. The molecule has 63 heavy (non-hydrogen) atoms. The Morgan fingerprint density at radius 2 is 1.46 bits per heavy atom. The number of phenols is 1. The maximum absolute atomic E-state index is 15.5. The molecule has 11 atom stereocenters. The Bertz CT molecular complexity index is 2330. The summed E-state index contributed by atoms with van der Waals surface area (Å²) in [6, 6.07) is 20.0. The minimum atomic E-state index is -2.44. The summed E-state index contributed by atoms with van der Waals surface area (Å²) >= 11 is 0. The van der Waals surface area contributed by atoms with E-state index in [1.807, 2.05) is 0 Å². The standard InChI is InChI=1S/C47H51NO15/c1-24-31(61-43(57)36(53)35(27-13-9-7-10-14-27)48-41(55)28-15-11-8-12-16-28)22-47(58)40(62-42(56)29-17-19-30(51)20-18-29)38-45(6,32(52)21-33-46(38,23-59-33)63-26(3)50)39(54)37(60-25(2)49)34(24)44(47,4)5/h7-20,31-33,35-38,40,51-53,58H,21-23H2,1-6H3,(H,48,55)/t31-,32-,33+,35-,36+,37+,38-,40-,45+,46-,47+/m0/s1. The number of aromatic hydroxyl groups is 1. The highest BCUT2D eigenvalue weighted by Gasteiger charge is 2.78. The number of benzene rings is 3. The quantitative estimate of drug-likeness (QED) is 0.111. The van der Waals surface area contributed by atoms with Crippen molar-refractivity contribution in [2.24, 2.45) is 16.7 Å². The van der Waals surface area contributed by atoms with Crippen molar-refractivity contribution in [1.82, 2.24) is 5.32 Å². The lowest BCUT2D eigenvalue weighted by Gasteiger charge is -2.67. The second kappa shape index (κ2) is 16.6. The molecule has 0 radical (unpaired) electrons. The van der Waals surface area contributed by atoms with Crippen LogP contribution in [0, 0.1) is 16.7 Å². The van der Waals surface area contributed by atoms with E-state index in [4.69, 9.17) is 23.7 Å². The highest BCUT2D eigenvalue weighted by atomic mass is 16.6. The van der Waals surface area contributed by atoms with E-state index in [2.05, 4.69) is 5.32 Å². The molecular weight excluding hydrogens is 819 g/mol. The van der Waals surface area contributed by atoms with Crippen molar-refractivity contribution >= 4 is 35.6 Å². The third-order valence-corrected chi connectivity index (χ3v) is 13.6. The molecule has 0 spiro atoms. The highest BCUT2D eigenvalue weighted by Crippen LogP contribution is 2.64. The smallest absolute Gasteiger partial charge is 0.338 e. The Balaban J connectivity index is 1.39. The first kappa shape index (κ1) is 45.1. The summed E-state index contributed by atoms with van der Waals surface area (Å²) in [4.78, 5) is 83.5. The number of rotatable bonds is 10. The average molecular weight is 870 g/mol. The van der Waals surface area contributed by atoms with Gasteiger partial charge in [-0.2, -0.15) is 0 Å². The monoisotopic (exact) mass is 869 g/mol. The van der Waals surface area contributed by atoms with E-state index in [9.17, 15) is 44.4 Å². The average Bonchev–Trinajstić information content (AvgIpc) is 3.24. The van der Waals surface area contributed by atoms with Crippen LogP contribution in [0.2, 0.25) is 0 Å². The van der Waals surface area contributed by atoms with Crippen LogP contribution in [0.5, 0.6) is 5.75 Å². The van der Waals surface area contributed by atoms with E-state index in [0.29, 0.717) is 5.56 Å². The molecule has 3 aliphatic carbocycles. The molecule has 1 aliphatic heterocycles. The van der Waals surface area contributed by atoms with Crippen LogP contribution in [-0.2, 0) is 42.9 Å². The first-order valence-electron chi connectivity index (χ1n) is 20.6. The summed E-state index contributed by atoms with van der Waals surface area (Å²) < 4.78 is 30.2. The molecule has 0 aromatic heterocycles. The number of phenolic OH excluding ortho intramolecular Hbond substituents is 1. The minimum Gasteiger partial charge on any atom is -0.508 e. The molecule has 3 aromatic carbocycles. The van der Waals surface area contributed by atoms with Crippen molar-refractivity contribution in [3.05, 3.63) is 113 Å². The number of hydrogen-bond acceptors (Lipinski definition) is 15. The van der Waals surface area contributed by atoms with Gasteiger partial charge < -0.3 is 49.4 Å². The normalized spacial score (nSPS) is 31.5. The number of Topliss-reactive ketones (excluding diaryl/α,β-unsaturated/α-hetero) is 1. The summed E-state index contributed by atoms with van der Waals surface area (Å²) in [7, 11) is 0. The minimum absolute atomic E-state index is 0.0354. The number of carbonyl (C=O) groups excluding carboxylic acids is 6. The van der Waals surface area contributed by atoms with E-state index in [0.717, 1.165) is 13.8 Å². The van der Waals surface area contributed by atoms with Crippen LogP contribution in [0.4, 0.5) is 0 Å². The SMILES string of the molecule is CC(=O)O[C@H]1C(=O)[C@@]2(C)[C@H]([C@H](OC(=O)c3ccc(O)cc3)[C@]3(O)C[C@H](OC(=O)[C@H](O)[C@@H](NC(=O)c4ccccc4)c4ccccc4)C(C)=C1C3(C)C)[C@]1(OC(C)=O)CO[C@@H]1C[C@@H]2O. The van der Waals surface area contributed by atoms with Gasteiger partial charge in [0.2, 0.25) is 0 Å². The summed E-state index contributed by atoms with van der Waals surface area (Å²) in [5.74, 6) is -7.28. The van der Waals surface area contributed by atoms with Gasteiger partial charge in [-0.25, -0.2) is 9.59 Å². The van der Waals surface area contributed by atoms with Crippen molar-refractivity contribution < 1.29 is 72.9 Å². The Hall–Kier alpha value is -5.94. The number of aliphatic hydroxyl groups is 3. The lowest BCUT2D eigenvalue weighted by Crippen LogP contribution is -2.82. The topological polar surface area (TPSA) is 242 Å². The molecule has 7 rings (SSSR count). The Kier molecular flexibility index (Phi) is 11.9. The first-order chi connectivity index (χ1) is 29.7. The fraction of sp³-hybridized carbons (Fsp3) is 0.447.